The molecular weight excluding hydrogens is 312 g/mol. The third-order valence-electron chi connectivity index (χ3n) is 3.80. The molecule has 0 aliphatic carbocycles. The minimum absolute atomic E-state index is 0.112. The van der Waals surface area contributed by atoms with E-state index in [1.165, 1.54) is 0 Å². The maximum atomic E-state index is 9.90. The lowest BCUT2D eigenvalue weighted by Gasteiger charge is -2.32. The first-order valence-corrected chi connectivity index (χ1v) is 8.62. The predicted octanol–water partition coefficient (Wildman–Crippen LogP) is -1.51. The number of rotatable bonds is 16. The lowest BCUT2D eigenvalue weighted by molar-refractivity contribution is -0.0997. The van der Waals surface area contributed by atoms with Crippen molar-refractivity contribution >= 4 is 0 Å². The van der Waals surface area contributed by atoms with Gasteiger partial charge in [-0.2, -0.15) is 0 Å². The van der Waals surface area contributed by atoms with Crippen LogP contribution < -0.4 is 22.9 Å². The van der Waals surface area contributed by atoms with Crippen LogP contribution in [-0.2, 0) is 14.2 Å². The summed E-state index contributed by atoms with van der Waals surface area (Å²) in [6.07, 6.45) is 0. The Morgan fingerprint density at radius 3 is 1.54 bits per heavy atom. The van der Waals surface area contributed by atoms with Gasteiger partial charge >= 0.3 is 0 Å². The van der Waals surface area contributed by atoms with Crippen LogP contribution in [0.2, 0.25) is 0 Å². The fourth-order valence-electron chi connectivity index (χ4n) is 1.85. The molecule has 0 bridgehead atoms. The molecule has 0 heterocycles. The Bertz CT molecular complexity index is 256. The highest BCUT2D eigenvalue weighted by atomic mass is 16.5. The van der Waals surface area contributed by atoms with E-state index in [1.54, 1.807) is 0 Å². The Kier molecular flexibility index (Phi) is 13.7. The largest absolute Gasteiger partial charge is 0.396 e. The molecule has 0 aromatic heterocycles. The van der Waals surface area contributed by atoms with Gasteiger partial charge in [-0.3, -0.25) is 0 Å². The van der Waals surface area contributed by atoms with E-state index in [4.69, 9.17) is 37.1 Å². The van der Waals surface area contributed by atoms with Crippen molar-refractivity contribution < 1.29 is 19.3 Å². The van der Waals surface area contributed by atoms with Gasteiger partial charge in [0.1, 0.15) is 0 Å². The lowest BCUT2D eigenvalue weighted by atomic mass is 9.92. The number of nitrogens with two attached hydrogens (primary N) is 4. The third kappa shape index (κ3) is 10.5. The fraction of sp³-hybridized carbons (Fsp3) is 1.00. The maximum absolute atomic E-state index is 9.90. The van der Waals surface area contributed by atoms with Crippen molar-refractivity contribution in [2.45, 2.75) is 19.9 Å². The Morgan fingerprint density at radius 1 is 0.792 bits per heavy atom. The van der Waals surface area contributed by atoms with Gasteiger partial charge in [-0.05, 0) is 24.9 Å². The van der Waals surface area contributed by atoms with Gasteiger partial charge in [0.15, 0.2) is 0 Å². The highest BCUT2D eigenvalue weighted by Crippen LogP contribution is 2.20. The summed E-state index contributed by atoms with van der Waals surface area (Å²) < 4.78 is 17.1. The molecule has 24 heavy (non-hydrogen) atoms. The molecule has 0 spiro atoms. The molecule has 3 unspecified atom stereocenters. The second-order valence-corrected chi connectivity index (χ2v) is 6.88. The van der Waals surface area contributed by atoms with Crippen LogP contribution in [0.15, 0.2) is 0 Å². The van der Waals surface area contributed by atoms with Crippen LogP contribution in [0.3, 0.4) is 0 Å². The lowest BCUT2D eigenvalue weighted by Crippen LogP contribution is -2.43. The molecule has 0 aliphatic heterocycles. The van der Waals surface area contributed by atoms with E-state index in [2.05, 4.69) is 0 Å². The minimum atomic E-state index is -0.642. The molecule has 0 fully saturated rings. The van der Waals surface area contributed by atoms with Gasteiger partial charge in [0.2, 0.25) is 0 Å². The van der Waals surface area contributed by atoms with Gasteiger partial charge in [-0.25, -0.2) is 0 Å². The van der Waals surface area contributed by atoms with E-state index >= 15 is 0 Å². The van der Waals surface area contributed by atoms with Crippen LogP contribution in [0.25, 0.3) is 0 Å². The van der Waals surface area contributed by atoms with Crippen LogP contribution >= 0.6 is 0 Å². The summed E-state index contributed by atoms with van der Waals surface area (Å²) in [5, 5.41) is 9.90. The average molecular weight is 351 g/mol. The number of aliphatic hydroxyl groups excluding tert-OH is 1. The van der Waals surface area contributed by atoms with Crippen molar-refractivity contribution in [3.8, 4) is 0 Å². The normalized spacial score (nSPS) is 18.1. The summed E-state index contributed by atoms with van der Waals surface area (Å²) in [6, 6.07) is -0.224. The molecule has 8 nitrogen and oxygen atoms in total. The zero-order chi connectivity index (χ0) is 18.4. The van der Waals surface area contributed by atoms with Gasteiger partial charge in [-0.1, -0.05) is 13.8 Å². The quantitative estimate of drug-likeness (QED) is 0.225. The van der Waals surface area contributed by atoms with Crippen LogP contribution in [-0.4, -0.2) is 77.0 Å². The summed E-state index contributed by atoms with van der Waals surface area (Å²) in [4.78, 5) is 0. The third-order valence-corrected chi connectivity index (χ3v) is 3.80. The van der Waals surface area contributed by atoms with Crippen LogP contribution in [0.1, 0.15) is 13.8 Å². The number of aliphatic hydroxyl groups is 1. The first kappa shape index (κ1) is 23.7. The second-order valence-electron chi connectivity index (χ2n) is 6.88. The Balaban J connectivity index is 4.54. The van der Waals surface area contributed by atoms with E-state index < -0.39 is 5.41 Å². The van der Waals surface area contributed by atoms with Gasteiger partial charge in [-0.15, -0.1) is 0 Å². The van der Waals surface area contributed by atoms with Crippen LogP contribution in [0.5, 0.6) is 0 Å². The highest BCUT2D eigenvalue weighted by Gasteiger charge is 2.31. The van der Waals surface area contributed by atoms with Crippen molar-refractivity contribution in [3.05, 3.63) is 0 Å². The smallest absolute Gasteiger partial charge is 0.0635 e. The Labute approximate surface area is 146 Å². The summed E-state index contributed by atoms with van der Waals surface area (Å²) in [5.41, 5.74) is 21.8. The molecule has 0 saturated heterocycles. The predicted molar refractivity (Wildman–Crippen MR) is 95.4 cm³/mol. The van der Waals surface area contributed by atoms with Crippen LogP contribution in [0, 0.1) is 17.3 Å². The van der Waals surface area contributed by atoms with Gasteiger partial charge in [0.05, 0.1) is 51.7 Å². The molecule has 3 atom stereocenters. The molecule has 0 rings (SSSR count). The Morgan fingerprint density at radius 2 is 1.21 bits per heavy atom. The molecule has 8 heteroatoms. The zero-order valence-corrected chi connectivity index (χ0v) is 15.3. The van der Waals surface area contributed by atoms with Gasteiger partial charge in [0.25, 0.3) is 0 Å². The molecule has 0 aliphatic rings. The molecule has 0 radical (unpaired) electrons. The maximum Gasteiger partial charge on any atom is 0.0635 e. The molecule has 146 valence electrons. The second kappa shape index (κ2) is 13.9. The average Bonchev–Trinajstić information content (AvgIpc) is 2.60. The van der Waals surface area contributed by atoms with E-state index in [9.17, 15) is 5.11 Å². The first-order valence-electron chi connectivity index (χ1n) is 8.62. The molecule has 0 aromatic rings. The topological polar surface area (TPSA) is 152 Å². The number of ether oxygens (including phenoxy) is 3. The van der Waals surface area contributed by atoms with Gasteiger partial charge < -0.3 is 42.3 Å². The van der Waals surface area contributed by atoms with Crippen LogP contribution in [0.4, 0.5) is 0 Å². The van der Waals surface area contributed by atoms with Crippen molar-refractivity contribution in [3.63, 3.8) is 0 Å². The van der Waals surface area contributed by atoms with E-state index in [-0.39, 0.29) is 31.1 Å². The van der Waals surface area contributed by atoms with E-state index in [0.29, 0.717) is 52.7 Å². The summed E-state index contributed by atoms with van der Waals surface area (Å²) in [5.74, 6) is 0.511. The van der Waals surface area contributed by atoms with E-state index in [0.717, 1.165) is 0 Å². The monoisotopic (exact) mass is 350 g/mol. The minimum Gasteiger partial charge on any atom is -0.396 e. The summed E-state index contributed by atoms with van der Waals surface area (Å²) in [6.45, 7) is 7.68. The highest BCUT2D eigenvalue weighted by molar-refractivity contribution is 4.79. The molecule has 9 N–H and O–H groups in total. The Hall–Kier alpha value is -0.320. The number of hydrogen-bond donors (Lipinski definition) is 5. The van der Waals surface area contributed by atoms with Crippen molar-refractivity contribution in [2.75, 3.05) is 65.9 Å². The molecular formula is C16H38N4O4. The molecule has 0 aromatic carbocycles. The molecule has 0 amide bonds. The first-order chi connectivity index (χ1) is 11.4. The summed E-state index contributed by atoms with van der Waals surface area (Å²) in [7, 11) is 0. The van der Waals surface area contributed by atoms with Crippen molar-refractivity contribution in [1.82, 2.24) is 0 Å². The zero-order valence-electron chi connectivity index (χ0n) is 15.3. The van der Waals surface area contributed by atoms with E-state index in [1.807, 2.05) is 13.8 Å². The standard InChI is InChI=1S/C16H38N4O4/c1-13(3-17)6-22-10-16(9-21,11-23-7-14(2)4-18)12-24-8-15(20)5-19/h13-15,21H,3-12,17-20H2,1-2H3. The van der Waals surface area contributed by atoms with Crippen molar-refractivity contribution in [2.24, 2.45) is 40.2 Å². The molecule has 0 saturated carbocycles. The fourth-order valence-corrected chi connectivity index (χ4v) is 1.85. The van der Waals surface area contributed by atoms with Gasteiger partial charge in [0, 0.05) is 12.6 Å². The summed E-state index contributed by atoms with van der Waals surface area (Å²) >= 11 is 0. The number of hydrogen-bond acceptors (Lipinski definition) is 8. The SMILES string of the molecule is CC(CN)COCC(CO)(COCC(C)CN)COCC(N)CN. The van der Waals surface area contributed by atoms with Crippen molar-refractivity contribution in [1.29, 1.82) is 0 Å².